The molecule has 0 aliphatic heterocycles. The molecule has 1 amide bonds. The molecule has 0 radical (unpaired) electrons. The Bertz CT molecular complexity index is 528. The number of carbonyl (C=O) groups excluding carboxylic acids is 1. The number of amides is 1. The summed E-state index contributed by atoms with van der Waals surface area (Å²) >= 11 is 5.61. The van der Waals surface area contributed by atoms with Crippen LogP contribution in [0.15, 0.2) is 42.5 Å². The van der Waals surface area contributed by atoms with Crippen molar-refractivity contribution >= 4 is 17.5 Å². The Morgan fingerprint density at radius 1 is 1.11 bits per heavy atom. The van der Waals surface area contributed by atoms with E-state index in [1.807, 2.05) is 18.2 Å². The van der Waals surface area contributed by atoms with E-state index in [1.54, 1.807) is 12.1 Å². The number of aryl methyl sites for hydroxylation is 1. The van der Waals surface area contributed by atoms with Gasteiger partial charge in [0.05, 0.1) is 0 Å². The third-order valence-electron chi connectivity index (χ3n) is 2.64. The number of rotatable bonds is 5. The maximum atomic E-state index is 11.7. The van der Waals surface area contributed by atoms with E-state index in [9.17, 15) is 4.79 Å². The highest BCUT2D eigenvalue weighted by Crippen LogP contribution is 2.03. The number of nitrogens with one attached hydrogen (secondary N) is 1. The van der Waals surface area contributed by atoms with Crippen LogP contribution in [-0.4, -0.2) is 22.6 Å². The molecule has 2 rings (SSSR count). The molecular formula is C14H14ClN3O. The summed E-state index contributed by atoms with van der Waals surface area (Å²) < 4.78 is 0. The molecule has 0 aliphatic rings. The lowest BCUT2D eigenvalue weighted by Gasteiger charge is -2.04. The number of nitrogens with zero attached hydrogens (tertiary/aromatic N) is 2. The largest absolute Gasteiger partial charge is 0.351 e. The van der Waals surface area contributed by atoms with Gasteiger partial charge in [-0.3, -0.25) is 4.79 Å². The fourth-order valence-corrected chi connectivity index (χ4v) is 1.77. The maximum absolute atomic E-state index is 11.7. The lowest BCUT2D eigenvalue weighted by Crippen LogP contribution is -2.25. The van der Waals surface area contributed by atoms with E-state index < -0.39 is 0 Å². The monoisotopic (exact) mass is 275 g/mol. The first-order valence-corrected chi connectivity index (χ1v) is 6.45. The molecule has 1 N–H and O–H groups in total. The van der Waals surface area contributed by atoms with Crippen molar-refractivity contribution < 1.29 is 4.79 Å². The quantitative estimate of drug-likeness (QED) is 0.853. The molecule has 1 heterocycles. The molecule has 1 aromatic carbocycles. The van der Waals surface area contributed by atoms with E-state index in [4.69, 9.17) is 11.6 Å². The van der Waals surface area contributed by atoms with Gasteiger partial charge in [-0.05, 0) is 30.5 Å². The molecule has 4 nitrogen and oxygen atoms in total. The molecule has 2 aromatic rings. The Morgan fingerprint density at radius 2 is 1.89 bits per heavy atom. The van der Waals surface area contributed by atoms with Crippen LogP contribution in [0.2, 0.25) is 5.15 Å². The standard InChI is InChI=1S/C14H14ClN3O/c15-13-9-8-12(17-18-13)14(19)16-10-4-7-11-5-2-1-3-6-11/h1-3,5-6,8-9H,4,7,10H2,(H,16,19). The summed E-state index contributed by atoms with van der Waals surface area (Å²) in [6.07, 6.45) is 1.82. The molecular weight excluding hydrogens is 262 g/mol. The van der Waals surface area contributed by atoms with Gasteiger partial charge in [0.15, 0.2) is 10.8 Å². The Morgan fingerprint density at radius 3 is 2.58 bits per heavy atom. The van der Waals surface area contributed by atoms with Gasteiger partial charge in [-0.15, -0.1) is 10.2 Å². The molecule has 98 valence electrons. The molecule has 0 bridgehead atoms. The van der Waals surface area contributed by atoms with Gasteiger partial charge in [-0.2, -0.15) is 0 Å². The predicted molar refractivity (Wildman–Crippen MR) is 74.1 cm³/mol. The van der Waals surface area contributed by atoms with Crippen molar-refractivity contribution in [1.29, 1.82) is 0 Å². The number of benzene rings is 1. The zero-order valence-electron chi connectivity index (χ0n) is 10.3. The number of halogens is 1. The van der Waals surface area contributed by atoms with Crippen LogP contribution in [0, 0.1) is 0 Å². The second kappa shape index (κ2) is 6.85. The second-order valence-corrected chi connectivity index (χ2v) is 4.47. The van der Waals surface area contributed by atoms with Crippen LogP contribution in [0.4, 0.5) is 0 Å². The summed E-state index contributed by atoms with van der Waals surface area (Å²) in [5, 5.41) is 10.4. The minimum absolute atomic E-state index is 0.225. The number of carbonyl (C=O) groups is 1. The van der Waals surface area contributed by atoms with Gasteiger partial charge >= 0.3 is 0 Å². The van der Waals surface area contributed by atoms with Crippen LogP contribution < -0.4 is 5.32 Å². The Balaban J connectivity index is 1.74. The van der Waals surface area contributed by atoms with Gasteiger partial charge in [0.1, 0.15) is 0 Å². The first-order valence-electron chi connectivity index (χ1n) is 6.07. The highest BCUT2D eigenvalue weighted by atomic mass is 35.5. The summed E-state index contributed by atoms with van der Waals surface area (Å²) in [5.74, 6) is -0.225. The summed E-state index contributed by atoms with van der Waals surface area (Å²) in [7, 11) is 0. The Kier molecular flexibility index (Phi) is 4.86. The van der Waals surface area contributed by atoms with Crippen molar-refractivity contribution in [2.24, 2.45) is 0 Å². The minimum Gasteiger partial charge on any atom is -0.351 e. The van der Waals surface area contributed by atoms with E-state index >= 15 is 0 Å². The first kappa shape index (κ1) is 13.5. The van der Waals surface area contributed by atoms with Gasteiger partial charge in [0.25, 0.3) is 5.91 Å². The van der Waals surface area contributed by atoms with Crippen molar-refractivity contribution in [1.82, 2.24) is 15.5 Å². The molecule has 0 saturated carbocycles. The van der Waals surface area contributed by atoms with Crippen LogP contribution in [0.25, 0.3) is 0 Å². The number of hydrogen-bond acceptors (Lipinski definition) is 3. The normalized spacial score (nSPS) is 10.2. The van der Waals surface area contributed by atoms with Crippen LogP contribution in [0.3, 0.4) is 0 Å². The molecule has 0 spiro atoms. The molecule has 0 saturated heterocycles. The van der Waals surface area contributed by atoms with E-state index in [2.05, 4.69) is 27.6 Å². The van der Waals surface area contributed by atoms with Gasteiger partial charge < -0.3 is 5.32 Å². The lowest BCUT2D eigenvalue weighted by molar-refractivity contribution is 0.0947. The average molecular weight is 276 g/mol. The predicted octanol–water partition coefficient (Wildman–Crippen LogP) is 2.49. The van der Waals surface area contributed by atoms with E-state index in [1.165, 1.54) is 5.56 Å². The second-order valence-electron chi connectivity index (χ2n) is 4.09. The van der Waals surface area contributed by atoms with Crippen molar-refractivity contribution in [3.8, 4) is 0 Å². The van der Waals surface area contributed by atoms with Crippen molar-refractivity contribution in [3.05, 3.63) is 58.9 Å². The molecule has 0 unspecified atom stereocenters. The lowest BCUT2D eigenvalue weighted by atomic mass is 10.1. The molecule has 1 aromatic heterocycles. The highest BCUT2D eigenvalue weighted by molar-refractivity contribution is 6.29. The van der Waals surface area contributed by atoms with Crippen molar-refractivity contribution in [3.63, 3.8) is 0 Å². The Hall–Kier alpha value is -1.94. The van der Waals surface area contributed by atoms with Gasteiger partial charge in [-0.25, -0.2) is 0 Å². The third kappa shape index (κ3) is 4.34. The minimum atomic E-state index is -0.225. The molecule has 0 aliphatic carbocycles. The van der Waals surface area contributed by atoms with Crippen molar-refractivity contribution in [2.45, 2.75) is 12.8 Å². The molecule has 0 fully saturated rings. The Labute approximate surface area is 116 Å². The molecule has 0 atom stereocenters. The van der Waals surface area contributed by atoms with E-state index in [-0.39, 0.29) is 16.8 Å². The first-order chi connectivity index (χ1) is 9.25. The summed E-state index contributed by atoms with van der Waals surface area (Å²) in [6, 6.07) is 13.3. The average Bonchev–Trinajstić information content (AvgIpc) is 2.45. The van der Waals surface area contributed by atoms with Crippen LogP contribution in [0.1, 0.15) is 22.5 Å². The van der Waals surface area contributed by atoms with E-state index in [0.29, 0.717) is 6.54 Å². The third-order valence-corrected chi connectivity index (χ3v) is 2.84. The smallest absolute Gasteiger partial charge is 0.271 e. The van der Waals surface area contributed by atoms with Gasteiger partial charge in [-0.1, -0.05) is 41.9 Å². The fourth-order valence-electron chi connectivity index (χ4n) is 1.67. The van der Waals surface area contributed by atoms with E-state index in [0.717, 1.165) is 12.8 Å². The fraction of sp³-hybridized carbons (Fsp3) is 0.214. The summed E-state index contributed by atoms with van der Waals surface area (Å²) in [6.45, 7) is 0.609. The highest BCUT2D eigenvalue weighted by Gasteiger charge is 2.06. The van der Waals surface area contributed by atoms with Crippen LogP contribution in [-0.2, 0) is 6.42 Å². The number of hydrogen-bond donors (Lipinski definition) is 1. The maximum Gasteiger partial charge on any atom is 0.271 e. The zero-order chi connectivity index (χ0) is 13.5. The van der Waals surface area contributed by atoms with Crippen LogP contribution >= 0.6 is 11.6 Å². The summed E-state index contributed by atoms with van der Waals surface area (Å²) in [4.78, 5) is 11.7. The molecule has 19 heavy (non-hydrogen) atoms. The van der Waals surface area contributed by atoms with Crippen molar-refractivity contribution in [2.75, 3.05) is 6.54 Å². The zero-order valence-corrected chi connectivity index (χ0v) is 11.1. The topological polar surface area (TPSA) is 54.9 Å². The molecule has 5 heteroatoms. The number of aromatic nitrogens is 2. The van der Waals surface area contributed by atoms with Gasteiger partial charge in [0.2, 0.25) is 0 Å². The van der Waals surface area contributed by atoms with Crippen LogP contribution in [0.5, 0.6) is 0 Å². The van der Waals surface area contributed by atoms with Gasteiger partial charge in [0, 0.05) is 6.54 Å². The SMILES string of the molecule is O=C(NCCCc1ccccc1)c1ccc(Cl)nn1. The summed E-state index contributed by atoms with van der Waals surface area (Å²) in [5.41, 5.74) is 1.55.